The molecule has 0 aromatic carbocycles. The lowest BCUT2D eigenvalue weighted by molar-refractivity contribution is -0.134. The SMILES string of the molecule is CC(=O)O.CC(O)/C=C/C12OC1(C)CCCC2(C)C. The predicted molar refractivity (Wildman–Crippen MR) is 74.0 cm³/mol. The van der Waals surface area contributed by atoms with Gasteiger partial charge in [0, 0.05) is 12.3 Å². The third kappa shape index (κ3) is 3.18. The van der Waals surface area contributed by atoms with Gasteiger partial charge in [-0.05, 0) is 33.1 Å². The van der Waals surface area contributed by atoms with Crippen LogP contribution in [0.15, 0.2) is 12.2 Å². The summed E-state index contributed by atoms with van der Waals surface area (Å²) >= 11 is 0. The predicted octanol–water partition coefficient (Wildman–Crippen LogP) is 2.75. The van der Waals surface area contributed by atoms with Gasteiger partial charge < -0.3 is 14.9 Å². The molecule has 2 aliphatic rings. The summed E-state index contributed by atoms with van der Waals surface area (Å²) in [5, 5.41) is 16.7. The van der Waals surface area contributed by atoms with Gasteiger partial charge in [0.05, 0.1) is 11.7 Å². The molecular weight excluding hydrogens is 244 g/mol. The van der Waals surface area contributed by atoms with Gasteiger partial charge in [-0.25, -0.2) is 0 Å². The van der Waals surface area contributed by atoms with Crippen molar-refractivity contribution < 1.29 is 19.7 Å². The zero-order chi connectivity index (χ0) is 14.9. The summed E-state index contributed by atoms with van der Waals surface area (Å²) in [5.41, 5.74) is 0.0702. The molecule has 1 aliphatic heterocycles. The third-order valence-corrected chi connectivity index (χ3v) is 4.20. The first-order valence-electron chi connectivity index (χ1n) is 6.83. The Kier molecular flexibility index (Phi) is 4.47. The average Bonchev–Trinajstić information content (AvgIpc) is 2.82. The normalized spacial score (nSPS) is 36.9. The lowest BCUT2D eigenvalue weighted by Gasteiger charge is -2.36. The van der Waals surface area contributed by atoms with E-state index in [0.717, 1.165) is 13.3 Å². The summed E-state index contributed by atoms with van der Waals surface area (Å²) in [5.74, 6) is -0.833. The molecule has 1 saturated heterocycles. The van der Waals surface area contributed by atoms with Crippen LogP contribution in [0.5, 0.6) is 0 Å². The van der Waals surface area contributed by atoms with Crippen LogP contribution < -0.4 is 0 Å². The van der Waals surface area contributed by atoms with Crippen molar-refractivity contribution in [1.82, 2.24) is 0 Å². The summed E-state index contributed by atoms with van der Waals surface area (Å²) in [6.45, 7) is 9.59. The average molecular weight is 270 g/mol. The van der Waals surface area contributed by atoms with Crippen molar-refractivity contribution in [3.05, 3.63) is 12.2 Å². The number of carboxylic acids is 1. The molecule has 0 spiro atoms. The van der Waals surface area contributed by atoms with E-state index < -0.39 is 5.97 Å². The van der Waals surface area contributed by atoms with E-state index in [1.165, 1.54) is 12.8 Å². The van der Waals surface area contributed by atoms with Crippen LogP contribution in [0.1, 0.15) is 53.9 Å². The van der Waals surface area contributed by atoms with Crippen molar-refractivity contribution in [3.63, 3.8) is 0 Å². The first kappa shape index (κ1) is 16.2. The Morgan fingerprint density at radius 3 is 2.26 bits per heavy atom. The lowest BCUT2D eigenvalue weighted by Crippen LogP contribution is -2.41. The summed E-state index contributed by atoms with van der Waals surface area (Å²) < 4.78 is 6.02. The van der Waals surface area contributed by atoms with Gasteiger partial charge in [-0.1, -0.05) is 26.0 Å². The molecule has 19 heavy (non-hydrogen) atoms. The van der Waals surface area contributed by atoms with Crippen molar-refractivity contribution in [2.45, 2.75) is 71.2 Å². The monoisotopic (exact) mass is 270 g/mol. The Bertz CT molecular complexity index is 368. The number of aliphatic hydroxyl groups excluding tert-OH is 1. The fraction of sp³-hybridized carbons (Fsp3) is 0.800. The first-order chi connectivity index (χ1) is 8.56. The molecule has 0 radical (unpaired) electrons. The number of rotatable bonds is 2. The molecule has 1 saturated carbocycles. The van der Waals surface area contributed by atoms with Crippen LogP contribution >= 0.6 is 0 Å². The largest absolute Gasteiger partial charge is 0.481 e. The molecule has 0 aromatic heterocycles. The van der Waals surface area contributed by atoms with E-state index in [1.54, 1.807) is 6.92 Å². The zero-order valence-electron chi connectivity index (χ0n) is 12.6. The van der Waals surface area contributed by atoms with Crippen LogP contribution in [0.4, 0.5) is 0 Å². The number of aliphatic hydroxyl groups is 1. The third-order valence-electron chi connectivity index (χ3n) is 4.20. The molecule has 1 heterocycles. The van der Waals surface area contributed by atoms with Gasteiger partial charge in [-0.3, -0.25) is 4.79 Å². The minimum Gasteiger partial charge on any atom is -0.481 e. The van der Waals surface area contributed by atoms with E-state index >= 15 is 0 Å². The van der Waals surface area contributed by atoms with Gasteiger partial charge in [0.2, 0.25) is 0 Å². The van der Waals surface area contributed by atoms with Crippen LogP contribution in [-0.4, -0.2) is 33.5 Å². The molecule has 4 nitrogen and oxygen atoms in total. The second-order valence-electron chi connectivity index (χ2n) is 6.42. The van der Waals surface area contributed by atoms with Crippen LogP contribution in [0.2, 0.25) is 0 Å². The number of epoxide rings is 1. The molecule has 1 aliphatic carbocycles. The molecule has 4 heteroatoms. The highest BCUT2D eigenvalue weighted by Crippen LogP contribution is 2.65. The second-order valence-corrected chi connectivity index (χ2v) is 6.42. The van der Waals surface area contributed by atoms with E-state index in [4.69, 9.17) is 14.6 Å². The summed E-state index contributed by atoms with van der Waals surface area (Å²) in [6, 6.07) is 0. The second kappa shape index (κ2) is 5.25. The summed E-state index contributed by atoms with van der Waals surface area (Å²) in [6.07, 6.45) is 7.15. The minimum absolute atomic E-state index is 0.0140. The summed E-state index contributed by atoms with van der Waals surface area (Å²) in [7, 11) is 0. The molecule has 110 valence electrons. The maximum Gasteiger partial charge on any atom is 0.300 e. The molecule has 0 bridgehead atoms. The Balaban J connectivity index is 0.000000399. The number of carbonyl (C=O) groups is 1. The van der Waals surface area contributed by atoms with E-state index in [2.05, 4.69) is 26.8 Å². The maximum absolute atomic E-state index is 9.33. The van der Waals surface area contributed by atoms with Crippen LogP contribution in [0, 0.1) is 5.41 Å². The molecule has 3 atom stereocenters. The highest BCUT2D eigenvalue weighted by Gasteiger charge is 2.73. The van der Waals surface area contributed by atoms with E-state index in [-0.39, 0.29) is 22.7 Å². The Hall–Kier alpha value is -0.870. The molecular formula is C15H26O4. The highest BCUT2D eigenvalue weighted by molar-refractivity contribution is 5.62. The van der Waals surface area contributed by atoms with Crippen molar-refractivity contribution in [1.29, 1.82) is 0 Å². The summed E-state index contributed by atoms with van der Waals surface area (Å²) in [4.78, 5) is 9.00. The first-order valence-corrected chi connectivity index (χ1v) is 6.83. The van der Waals surface area contributed by atoms with Crippen LogP contribution in [0.25, 0.3) is 0 Å². The molecule has 0 aromatic rings. The van der Waals surface area contributed by atoms with Gasteiger partial charge in [0.1, 0.15) is 5.60 Å². The minimum atomic E-state index is -0.833. The van der Waals surface area contributed by atoms with Crippen molar-refractivity contribution in [2.75, 3.05) is 0 Å². The van der Waals surface area contributed by atoms with Gasteiger partial charge in [0.15, 0.2) is 0 Å². The molecule has 2 rings (SSSR count). The smallest absolute Gasteiger partial charge is 0.300 e. The van der Waals surface area contributed by atoms with E-state index in [0.29, 0.717) is 0 Å². The van der Waals surface area contributed by atoms with E-state index in [9.17, 15) is 5.11 Å². The Morgan fingerprint density at radius 1 is 1.32 bits per heavy atom. The quantitative estimate of drug-likeness (QED) is 0.598. The number of fused-ring (bicyclic) bond motifs is 1. The van der Waals surface area contributed by atoms with Crippen LogP contribution in [-0.2, 0) is 9.53 Å². The standard InChI is InChI=1S/C13H22O2.C2H4O2/c1-10(14)6-9-13-11(2,3)7-5-8-12(13,4)15-13;1-2(3)4/h6,9-10,14H,5,7-8H2,1-4H3;1H3,(H,3,4)/b9-6+;. The molecule has 2 N–H and O–H groups in total. The fourth-order valence-electron chi connectivity index (χ4n) is 3.18. The molecule has 2 fully saturated rings. The number of carboxylic acid groups (broad SMARTS) is 1. The molecule has 3 unspecified atom stereocenters. The molecule has 0 amide bonds. The van der Waals surface area contributed by atoms with Gasteiger partial charge in [-0.15, -0.1) is 0 Å². The van der Waals surface area contributed by atoms with Crippen LogP contribution in [0.3, 0.4) is 0 Å². The van der Waals surface area contributed by atoms with E-state index in [1.807, 2.05) is 6.08 Å². The number of aliphatic carboxylic acids is 1. The zero-order valence-corrected chi connectivity index (χ0v) is 12.6. The number of ether oxygens (including phenoxy) is 1. The van der Waals surface area contributed by atoms with Gasteiger partial charge >= 0.3 is 0 Å². The lowest BCUT2D eigenvalue weighted by atomic mass is 9.64. The van der Waals surface area contributed by atoms with Crippen molar-refractivity contribution >= 4 is 5.97 Å². The topological polar surface area (TPSA) is 70.1 Å². The van der Waals surface area contributed by atoms with Crippen molar-refractivity contribution in [2.24, 2.45) is 5.41 Å². The Labute approximate surface area is 115 Å². The van der Waals surface area contributed by atoms with Gasteiger partial charge in [-0.2, -0.15) is 0 Å². The van der Waals surface area contributed by atoms with Crippen molar-refractivity contribution in [3.8, 4) is 0 Å². The van der Waals surface area contributed by atoms with Gasteiger partial charge in [0.25, 0.3) is 5.97 Å². The maximum atomic E-state index is 9.33. The highest BCUT2D eigenvalue weighted by atomic mass is 16.6. The number of hydrogen-bond donors (Lipinski definition) is 2. The Morgan fingerprint density at radius 2 is 1.84 bits per heavy atom. The fourth-order valence-corrected chi connectivity index (χ4v) is 3.18. The number of hydrogen-bond acceptors (Lipinski definition) is 3.